The van der Waals surface area contributed by atoms with Crippen molar-refractivity contribution < 1.29 is 17.9 Å². The van der Waals surface area contributed by atoms with E-state index >= 15 is 0 Å². The lowest BCUT2D eigenvalue weighted by Crippen LogP contribution is -2.39. The molecule has 118 valence electrons. The van der Waals surface area contributed by atoms with Gasteiger partial charge in [0.25, 0.3) is 10.2 Å². The second kappa shape index (κ2) is 7.11. The highest BCUT2D eigenvalue weighted by molar-refractivity contribution is 7.87. The van der Waals surface area contributed by atoms with Gasteiger partial charge in [-0.2, -0.15) is 12.7 Å². The van der Waals surface area contributed by atoms with Gasteiger partial charge in [0.05, 0.1) is 14.2 Å². The Morgan fingerprint density at radius 1 is 1.19 bits per heavy atom. The van der Waals surface area contributed by atoms with Gasteiger partial charge in [-0.3, -0.25) is 0 Å². The first-order chi connectivity index (χ1) is 10.1. The quantitative estimate of drug-likeness (QED) is 0.820. The van der Waals surface area contributed by atoms with E-state index in [0.29, 0.717) is 26.1 Å². The average Bonchev–Trinajstić information content (AvgIpc) is 3.02. The summed E-state index contributed by atoms with van der Waals surface area (Å²) in [4.78, 5) is 0. The van der Waals surface area contributed by atoms with Gasteiger partial charge >= 0.3 is 0 Å². The molecule has 1 heterocycles. The van der Waals surface area contributed by atoms with Crippen LogP contribution < -0.4 is 14.2 Å². The maximum atomic E-state index is 12.1. The first-order valence-electron chi connectivity index (χ1n) is 7.02. The summed E-state index contributed by atoms with van der Waals surface area (Å²) in [7, 11) is -0.158. The van der Waals surface area contributed by atoms with Gasteiger partial charge in [0.15, 0.2) is 0 Å². The normalized spacial score (nSPS) is 16.1. The topological polar surface area (TPSA) is 67.9 Å². The van der Waals surface area contributed by atoms with Crippen molar-refractivity contribution in [1.82, 2.24) is 9.03 Å². The van der Waals surface area contributed by atoms with Crippen molar-refractivity contribution in [2.45, 2.75) is 19.3 Å². The zero-order valence-electron chi connectivity index (χ0n) is 12.5. The van der Waals surface area contributed by atoms with Gasteiger partial charge in [0.1, 0.15) is 11.5 Å². The molecule has 0 atom stereocenters. The molecule has 1 aromatic carbocycles. The standard InChI is InChI=1S/C14H22N2O4S/c1-19-13-5-6-14(20-2)12(11-13)7-8-15-21(17,18)16-9-3-4-10-16/h5-6,11,15H,3-4,7-10H2,1-2H3. The van der Waals surface area contributed by atoms with Crippen molar-refractivity contribution in [3.05, 3.63) is 23.8 Å². The van der Waals surface area contributed by atoms with E-state index < -0.39 is 10.2 Å². The molecule has 1 aliphatic heterocycles. The SMILES string of the molecule is COc1ccc(OC)c(CCNS(=O)(=O)N2CCCC2)c1. The number of benzene rings is 1. The molecule has 0 amide bonds. The van der Waals surface area contributed by atoms with Crippen LogP contribution in [0.4, 0.5) is 0 Å². The first-order valence-corrected chi connectivity index (χ1v) is 8.46. The lowest BCUT2D eigenvalue weighted by molar-refractivity contribution is 0.398. The highest BCUT2D eigenvalue weighted by atomic mass is 32.2. The number of ether oxygens (including phenoxy) is 2. The predicted molar refractivity (Wildman–Crippen MR) is 81.0 cm³/mol. The van der Waals surface area contributed by atoms with E-state index in [1.54, 1.807) is 14.2 Å². The third-order valence-corrected chi connectivity index (χ3v) is 5.19. The fourth-order valence-corrected chi connectivity index (χ4v) is 3.69. The number of methoxy groups -OCH3 is 2. The summed E-state index contributed by atoms with van der Waals surface area (Å²) in [5.74, 6) is 1.46. The summed E-state index contributed by atoms with van der Waals surface area (Å²) in [6.07, 6.45) is 2.42. The van der Waals surface area contributed by atoms with E-state index in [2.05, 4.69) is 4.72 Å². The monoisotopic (exact) mass is 314 g/mol. The van der Waals surface area contributed by atoms with Crippen molar-refractivity contribution >= 4 is 10.2 Å². The Morgan fingerprint density at radius 3 is 2.52 bits per heavy atom. The molecule has 0 bridgehead atoms. The maximum absolute atomic E-state index is 12.1. The summed E-state index contributed by atoms with van der Waals surface area (Å²) in [6, 6.07) is 5.50. The van der Waals surface area contributed by atoms with Crippen LogP contribution in [0.5, 0.6) is 11.5 Å². The Hall–Kier alpha value is -1.31. The molecular weight excluding hydrogens is 292 g/mol. The van der Waals surface area contributed by atoms with Gasteiger partial charge < -0.3 is 9.47 Å². The highest BCUT2D eigenvalue weighted by Crippen LogP contribution is 2.24. The highest BCUT2D eigenvalue weighted by Gasteiger charge is 2.24. The van der Waals surface area contributed by atoms with Crippen LogP contribution in [0, 0.1) is 0 Å². The number of nitrogens with zero attached hydrogens (tertiary/aromatic N) is 1. The first kappa shape index (κ1) is 16.1. The maximum Gasteiger partial charge on any atom is 0.279 e. The zero-order valence-corrected chi connectivity index (χ0v) is 13.3. The third-order valence-electron chi connectivity index (χ3n) is 3.57. The molecule has 1 aliphatic rings. The predicted octanol–water partition coefficient (Wildman–Crippen LogP) is 1.18. The Kier molecular flexibility index (Phi) is 5.44. The third kappa shape index (κ3) is 4.09. The second-order valence-corrected chi connectivity index (χ2v) is 6.69. The summed E-state index contributed by atoms with van der Waals surface area (Å²) in [6.45, 7) is 1.55. The molecule has 2 rings (SSSR count). The van der Waals surface area contributed by atoms with Crippen molar-refractivity contribution in [3.8, 4) is 11.5 Å². The molecule has 0 saturated carbocycles. The lowest BCUT2D eigenvalue weighted by atomic mass is 10.1. The van der Waals surface area contributed by atoms with Gasteiger partial charge in [-0.15, -0.1) is 0 Å². The molecule has 0 unspecified atom stereocenters. The summed E-state index contributed by atoms with van der Waals surface area (Å²) in [5, 5.41) is 0. The van der Waals surface area contributed by atoms with Crippen LogP contribution in [0.1, 0.15) is 18.4 Å². The molecule has 0 aromatic heterocycles. The molecule has 1 fully saturated rings. The smallest absolute Gasteiger partial charge is 0.279 e. The Labute approximate surface area is 126 Å². The molecule has 1 saturated heterocycles. The van der Waals surface area contributed by atoms with Crippen LogP contribution >= 0.6 is 0 Å². The van der Waals surface area contributed by atoms with Crippen LogP contribution in [-0.4, -0.2) is 46.6 Å². The molecule has 6 nitrogen and oxygen atoms in total. The number of hydrogen-bond donors (Lipinski definition) is 1. The average molecular weight is 314 g/mol. The minimum atomic E-state index is -3.35. The van der Waals surface area contributed by atoms with Crippen molar-refractivity contribution in [3.63, 3.8) is 0 Å². The van der Waals surface area contributed by atoms with Crippen LogP contribution in [0.15, 0.2) is 18.2 Å². The number of nitrogens with one attached hydrogen (secondary N) is 1. The Bertz CT molecular complexity index is 568. The lowest BCUT2D eigenvalue weighted by Gasteiger charge is -2.16. The summed E-state index contributed by atoms with van der Waals surface area (Å²) in [5.41, 5.74) is 0.918. The molecule has 0 aliphatic carbocycles. The minimum absolute atomic E-state index is 0.336. The van der Waals surface area contributed by atoms with Crippen LogP contribution in [0.3, 0.4) is 0 Å². The summed E-state index contributed by atoms with van der Waals surface area (Å²) >= 11 is 0. The van der Waals surface area contributed by atoms with E-state index in [1.807, 2.05) is 18.2 Å². The fraction of sp³-hybridized carbons (Fsp3) is 0.571. The zero-order chi connectivity index (χ0) is 15.3. The van der Waals surface area contributed by atoms with E-state index in [0.717, 1.165) is 29.9 Å². The van der Waals surface area contributed by atoms with E-state index in [1.165, 1.54) is 4.31 Å². The van der Waals surface area contributed by atoms with Crippen LogP contribution in [0.25, 0.3) is 0 Å². The molecule has 7 heteroatoms. The van der Waals surface area contributed by atoms with Crippen molar-refractivity contribution in [2.24, 2.45) is 0 Å². The molecule has 21 heavy (non-hydrogen) atoms. The van der Waals surface area contributed by atoms with Crippen molar-refractivity contribution in [2.75, 3.05) is 33.9 Å². The van der Waals surface area contributed by atoms with Crippen LogP contribution in [0.2, 0.25) is 0 Å². The van der Waals surface area contributed by atoms with Crippen LogP contribution in [-0.2, 0) is 16.6 Å². The molecule has 0 spiro atoms. The van der Waals surface area contributed by atoms with Gasteiger partial charge in [0.2, 0.25) is 0 Å². The number of rotatable bonds is 7. The summed E-state index contributed by atoms with van der Waals surface area (Å²) < 4.78 is 38.7. The molecule has 1 aromatic rings. The number of hydrogen-bond acceptors (Lipinski definition) is 4. The van der Waals surface area contributed by atoms with E-state index in [4.69, 9.17) is 9.47 Å². The van der Waals surface area contributed by atoms with Gasteiger partial charge in [-0.25, -0.2) is 4.72 Å². The van der Waals surface area contributed by atoms with E-state index in [-0.39, 0.29) is 0 Å². The van der Waals surface area contributed by atoms with E-state index in [9.17, 15) is 8.42 Å². The molecular formula is C14H22N2O4S. The van der Waals surface area contributed by atoms with Gasteiger partial charge in [-0.1, -0.05) is 0 Å². The Morgan fingerprint density at radius 2 is 1.90 bits per heavy atom. The molecule has 1 N–H and O–H groups in total. The fourth-order valence-electron chi connectivity index (χ4n) is 2.41. The van der Waals surface area contributed by atoms with Gasteiger partial charge in [-0.05, 0) is 43.0 Å². The minimum Gasteiger partial charge on any atom is -0.497 e. The Balaban J connectivity index is 1.96. The largest absolute Gasteiger partial charge is 0.497 e. The molecule has 0 radical (unpaired) electrons. The van der Waals surface area contributed by atoms with Crippen molar-refractivity contribution in [1.29, 1.82) is 0 Å². The second-order valence-electron chi connectivity index (χ2n) is 4.93. The van der Waals surface area contributed by atoms with Gasteiger partial charge in [0, 0.05) is 19.6 Å².